The number of pyridine rings is 1. The maximum Gasteiger partial charge on any atom is 0.240 e. The minimum absolute atomic E-state index is 0.144. The highest BCUT2D eigenvalue weighted by atomic mass is 16.2. The summed E-state index contributed by atoms with van der Waals surface area (Å²) in [6, 6.07) is 7.85. The van der Waals surface area contributed by atoms with Gasteiger partial charge in [-0.25, -0.2) is 0 Å². The van der Waals surface area contributed by atoms with Crippen LogP contribution in [0, 0.1) is 16.7 Å². The van der Waals surface area contributed by atoms with Gasteiger partial charge in [0.1, 0.15) is 5.41 Å². The van der Waals surface area contributed by atoms with Crippen LogP contribution in [0.2, 0.25) is 0 Å². The lowest BCUT2D eigenvalue weighted by molar-refractivity contribution is -0.124. The Morgan fingerprint density at radius 2 is 2.28 bits per heavy atom. The fourth-order valence-electron chi connectivity index (χ4n) is 1.84. The van der Waals surface area contributed by atoms with E-state index in [1.807, 2.05) is 32.0 Å². The molecule has 1 aromatic heterocycles. The van der Waals surface area contributed by atoms with E-state index in [9.17, 15) is 4.79 Å². The smallest absolute Gasteiger partial charge is 0.240 e. The lowest BCUT2D eigenvalue weighted by Crippen LogP contribution is -2.40. The normalized spacial score (nSPS) is 16.7. The number of nitrogens with one attached hydrogen (secondary N) is 1. The van der Waals surface area contributed by atoms with Crippen molar-refractivity contribution < 1.29 is 4.79 Å². The first kappa shape index (κ1) is 12.6. The fourth-order valence-corrected chi connectivity index (χ4v) is 1.84. The molecule has 1 aromatic rings. The van der Waals surface area contributed by atoms with Crippen molar-refractivity contribution in [2.24, 2.45) is 5.41 Å². The molecule has 4 heteroatoms. The molecule has 1 fully saturated rings. The van der Waals surface area contributed by atoms with Crippen LogP contribution in [-0.2, 0) is 10.2 Å². The molecule has 2 rings (SSSR count). The summed E-state index contributed by atoms with van der Waals surface area (Å²) in [5.74, 6) is -0.144. The summed E-state index contributed by atoms with van der Waals surface area (Å²) in [7, 11) is 0. The number of nitriles is 1. The second-order valence-corrected chi connectivity index (χ2v) is 5.48. The number of aromatic nitrogens is 1. The minimum Gasteiger partial charge on any atom is -0.354 e. The molecule has 0 spiro atoms. The van der Waals surface area contributed by atoms with E-state index in [4.69, 9.17) is 5.26 Å². The van der Waals surface area contributed by atoms with Gasteiger partial charge in [-0.15, -0.1) is 0 Å². The highest BCUT2D eigenvalue weighted by Crippen LogP contribution is 2.45. The predicted octanol–water partition coefficient (Wildman–Crippen LogP) is 1.78. The van der Waals surface area contributed by atoms with E-state index in [2.05, 4.69) is 16.4 Å². The predicted molar refractivity (Wildman–Crippen MR) is 67.6 cm³/mol. The Kier molecular flexibility index (Phi) is 3.08. The molecule has 1 amide bonds. The largest absolute Gasteiger partial charge is 0.354 e. The number of amides is 1. The minimum atomic E-state index is -0.750. The molecule has 1 heterocycles. The molecular weight excluding hydrogens is 226 g/mol. The highest BCUT2D eigenvalue weighted by molar-refractivity contribution is 5.88. The maximum absolute atomic E-state index is 11.9. The molecule has 4 nitrogen and oxygen atoms in total. The summed E-state index contributed by atoms with van der Waals surface area (Å²) < 4.78 is 0. The lowest BCUT2D eigenvalue weighted by atomic mass is 9.88. The van der Waals surface area contributed by atoms with Crippen molar-refractivity contribution in [1.29, 1.82) is 5.26 Å². The molecule has 18 heavy (non-hydrogen) atoms. The van der Waals surface area contributed by atoms with Gasteiger partial charge in [0.25, 0.3) is 0 Å². The van der Waals surface area contributed by atoms with E-state index in [0.29, 0.717) is 19.4 Å². The zero-order valence-electron chi connectivity index (χ0n) is 10.7. The standard InChI is InChI=1S/C14H17N3O/c1-13(2,11-5-3-4-8-16-11)10-17-12(18)14(9-15)6-7-14/h3-5,8H,6-7,10H2,1-2H3,(H,17,18). The molecule has 1 saturated carbocycles. The third kappa shape index (κ3) is 2.35. The van der Waals surface area contributed by atoms with Crippen LogP contribution in [-0.4, -0.2) is 17.4 Å². The van der Waals surface area contributed by atoms with Crippen LogP contribution < -0.4 is 5.32 Å². The third-order valence-electron chi connectivity index (χ3n) is 3.45. The Bertz CT molecular complexity index is 484. The van der Waals surface area contributed by atoms with Crippen molar-refractivity contribution in [3.63, 3.8) is 0 Å². The van der Waals surface area contributed by atoms with Crippen LogP contribution in [0.3, 0.4) is 0 Å². The Hall–Kier alpha value is -1.89. The first-order valence-electron chi connectivity index (χ1n) is 6.11. The van der Waals surface area contributed by atoms with Gasteiger partial charge in [0.2, 0.25) is 5.91 Å². The number of hydrogen-bond acceptors (Lipinski definition) is 3. The second-order valence-electron chi connectivity index (χ2n) is 5.48. The van der Waals surface area contributed by atoms with E-state index >= 15 is 0 Å². The molecule has 1 aliphatic rings. The van der Waals surface area contributed by atoms with Crippen LogP contribution in [0.15, 0.2) is 24.4 Å². The average molecular weight is 243 g/mol. The van der Waals surface area contributed by atoms with Gasteiger partial charge in [0.05, 0.1) is 6.07 Å². The molecule has 0 bridgehead atoms. The molecule has 1 aliphatic carbocycles. The van der Waals surface area contributed by atoms with Gasteiger partial charge in [-0.2, -0.15) is 5.26 Å². The van der Waals surface area contributed by atoms with E-state index in [-0.39, 0.29) is 11.3 Å². The lowest BCUT2D eigenvalue weighted by Gasteiger charge is -2.24. The summed E-state index contributed by atoms with van der Waals surface area (Å²) in [6.45, 7) is 4.55. The molecule has 1 N–H and O–H groups in total. The molecular formula is C14H17N3O. The summed E-state index contributed by atoms with van der Waals surface area (Å²) in [5, 5.41) is 11.8. The third-order valence-corrected chi connectivity index (χ3v) is 3.45. The van der Waals surface area contributed by atoms with Crippen LogP contribution in [0.1, 0.15) is 32.4 Å². The van der Waals surface area contributed by atoms with Gasteiger partial charge in [-0.3, -0.25) is 9.78 Å². The summed E-state index contributed by atoms with van der Waals surface area (Å²) in [6.07, 6.45) is 3.11. The van der Waals surface area contributed by atoms with Crippen molar-refractivity contribution in [3.05, 3.63) is 30.1 Å². The van der Waals surface area contributed by atoms with E-state index < -0.39 is 5.41 Å². The first-order valence-corrected chi connectivity index (χ1v) is 6.11. The number of carbonyl (C=O) groups is 1. The highest BCUT2D eigenvalue weighted by Gasteiger charge is 2.50. The van der Waals surface area contributed by atoms with Crippen LogP contribution >= 0.6 is 0 Å². The second kappa shape index (κ2) is 4.41. The SMILES string of the molecule is CC(C)(CNC(=O)C1(C#N)CC1)c1ccccn1. The van der Waals surface area contributed by atoms with E-state index in [1.165, 1.54) is 0 Å². The molecule has 0 unspecified atom stereocenters. The number of nitrogens with zero attached hydrogens (tertiary/aromatic N) is 2. The number of rotatable bonds is 4. The summed E-state index contributed by atoms with van der Waals surface area (Å²) >= 11 is 0. The van der Waals surface area contributed by atoms with Gasteiger partial charge in [0, 0.05) is 23.9 Å². The van der Waals surface area contributed by atoms with Crippen LogP contribution in [0.5, 0.6) is 0 Å². The van der Waals surface area contributed by atoms with Gasteiger partial charge in [-0.05, 0) is 25.0 Å². The molecule has 0 radical (unpaired) electrons. The molecule has 0 saturated heterocycles. The zero-order valence-corrected chi connectivity index (χ0v) is 10.7. The van der Waals surface area contributed by atoms with Crippen molar-refractivity contribution in [3.8, 4) is 6.07 Å². The zero-order chi connectivity index (χ0) is 13.2. The maximum atomic E-state index is 11.9. The van der Waals surface area contributed by atoms with Gasteiger partial charge < -0.3 is 5.32 Å². The summed E-state index contributed by atoms with van der Waals surface area (Å²) in [5.41, 5.74) is -0.0463. The summed E-state index contributed by atoms with van der Waals surface area (Å²) in [4.78, 5) is 16.2. The molecule has 94 valence electrons. The Balaban J connectivity index is 1.98. The topological polar surface area (TPSA) is 65.8 Å². The van der Waals surface area contributed by atoms with Gasteiger partial charge in [0.15, 0.2) is 0 Å². The Labute approximate surface area is 107 Å². The monoisotopic (exact) mass is 243 g/mol. The molecule has 0 aliphatic heterocycles. The van der Waals surface area contributed by atoms with Crippen molar-refractivity contribution in [2.75, 3.05) is 6.54 Å². The Morgan fingerprint density at radius 1 is 1.56 bits per heavy atom. The van der Waals surface area contributed by atoms with Gasteiger partial charge >= 0.3 is 0 Å². The number of carbonyl (C=O) groups excluding carboxylic acids is 1. The Morgan fingerprint density at radius 3 is 2.78 bits per heavy atom. The van der Waals surface area contributed by atoms with Crippen molar-refractivity contribution in [1.82, 2.24) is 10.3 Å². The van der Waals surface area contributed by atoms with Crippen LogP contribution in [0.4, 0.5) is 0 Å². The van der Waals surface area contributed by atoms with Gasteiger partial charge in [-0.1, -0.05) is 19.9 Å². The van der Waals surface area contributed by atoms with Crippen molar-refractivity contribution >= 4 is 5.91 Å². The molecule has 0 atom stereocenters. The quantitative estimate of drug-likeness (QED) is 0.876. The average Bonchev–Trinajstić information content (AvgIpc) is 3.18. The fraction of sp³-hybridized carbons (Fsp3) is 0.500. The van der Waals surface area contributed by atoms with Crippen LogP contribution in [0.25, 0.3) is 0 Å². The first-order chi connectivity index (χ1) is 8.50. The van der Waals surface area contributed by atoms with E-state index in [0.717, 1.165) is 5.69 Å². The molecule has 0 aromatic carbocycles. The van der Waals surface area contributed by atoms with Crippen molar-refractivity contribution in [2.45, 2.75) is 32.1 Å². The number of hydrogen-bond donors (Lipinski definition) is 1. The van der Waals surface area contributed by atoms with E-state index in [1.54, 1.807) is 6.20 Å².